The maximum absolute atomic E-state index is 12.2. The molecule has 1 amide bonds. The molecule has 2 aromatic rings. The van der Waals surface area contributed by atoms with Crippen LogP contribution < -0.4 is 16.2 Å². The Morgan fingerprint density at radius 3 is 2.70 bits per heavy atom. The second-order valence-electron chi connectivity index (χ2n) is 4.22. The normalized spacial score (nSPS) is 10.3. The lowest BCUT2D eigenvalue weighted by molar-refractivity contribution is -0.118. The molecule has 0 spiro atoms. The van der Waals surface area contributed by atoms with Gasteiger partial charge in [0.2, 0.25) is 5.91 Å². The number of nitrogens with zero attached hydrogens (tertiary/aromatic N) is 3. The van der Waals surface area contributed by atoms with Gasteiger partial charge in [0, 0.05) is 24.6 Å². The summed E-state index contributed by atoms with van der Waals surface area (Å²) in [6.07, 6.45) is 2.83. The maximum Gasteiger partial charge on any atom is 0.267 e. The largest absolute Gasteiger partial charge is 0.399 e. The Balaban J connectivity index is 2.17. The average molecular weight is 384 g/mol. The van der Waals surface area contributed by atoms with E-state index >= 15 is 0 Å². The van der Waals surface area contributed by atoms with Gasteiger partial charge in [-0.15, -0.1) is 0 Å². The van der Waals surface area contributed by atoms with Crippen LogP contribution in [0.4, 0.5) is 11.4 Å². The van der Waals surface area contributed by atoms with Gasteiger partial charge in [0.1, 0.15) is 6.54 Å². The first-order chi connectivity index (χ1) is 9.49. The summed E-state index contributed by atoms with van der Waals surface area (Å²) >= 11 is 1.89. The molecule has 2 N–H and O–H groups in total. The van der Waals surface area contributed by atoms with Crippen molar-refractivity contribution in [1.82, 2.24) is 9.55 Å². The quantitative estimate of drug-likeness (QED) is 0.635. The van der Waals surface area contributed by atoms with Gasteiger partial charge in [0.25, 0.3) is 5.56 Å². The second-order valence-corrected chi connectivity index (χ2v) is 5.38. The number of halogens is 1. The molecule has 2 rings (SSSR count). The molecular weight excluding hydrogens is 371 g/mol. The molecular formula is C13H13IN4O2. The van der Waals surface area contributed by atoms with Gasteiger partial charge in [-0.1, -0.05) is 0 Å². The molecule has 0 saturated heterocycles. The number of carbonyl (C=O) groups is 1. The van der Waals surface area contributed by atoms with Gasteiger partial charge in [-0.2, -0.15) is 0 Å². The molecule has 0 aliphatic rings. The highest BCUT2D eigenvalue weighted by molar-refractivity contribution is 14.1. The van der Waals surface area contributed by atoms with E-state index in [1.54, 1.807) is 31.3 Å². The number of amides is 1. The number of hydrogen-bond acceptors (Lipinski definition) is 4. The maximum atomic E-state index is 12.2. The number of rotatable bonds is 3. The fourth-order valence-corrected chi connectivity index (χ4v) is 2.10. The Morgan fingerprint density at radius 2 is 2.05 bits per heavy atom. The topological polar surface area (TPSA) is 81.2 Å². The second kappa shape index (κ2) is 6.04. The number of aromatic nitrogens is 2. The standard InChI is InChI=1S/C13H13IN4O2/c1-17(10-4-2-9(15)3-5-10)12(19)7-18-8-16-6-11(14)13(18)20/h2-6,8H,7,15H2,1H3. The minimum absolute atomic E-state index is 0.0520. The molecule has 104 valence electrons. The third kappa shape index (κ3) is 3.16. The van der Waals surface area contributed by atoms with Crippen molar-refractivity contribution in [2.75, 3.05) is 17.7 Å². The zero-order chi connectivity index (χ0) is 14.7. The van der Waals surface area contributed by atoms with Crippen molar-refractivity contribution in [2.24, 2.45) is 0 Å². The lowest BCUT2D eigenvalue weighted by Gasteiger charge is -2.18. The predicted molar refractivity (Wildman–Crippen MR) is 85.5 cm³/mol. The third-order valence-electron chi connectivity index (χ3n) is 2.82. The van der Waals surface area contributed by atoms with E-state index in [1.165, 1.54) is 22.0 Å². The van der Waals surface area contributed by atoms with Crippen molar-refractivity contribution in [1.29, 1.82) is 0 Å². The van der Waals surface area contributed by atoms with Crippen LogP contribution in [-0.2, 0) is 11.3 Å². The van der Waals surface area contributed by atoms with Crippen LogP contribution in [0.25, 0.3) is 0 Å². The highest BCUT2D eigenvalue weighted by Crippen LogP contribution is 2.15. The number of carbonyl (C=O) groups excluding carboxylic acids is 1. The van der Waals surface area contributed by atoms with Crippen LogP contribution in [0.3, 0.4) is 0 Å². The summed E-state index contributed by atoms with van der Waals surface area (Å²) in [4.78, 5) is 29.4. The Labute approximate surface area is 129 Å². The summed E-state index contributed by atoms with van der Waals surface area (Å²) in [5.74, 6) is -0.208. The smallest absolute Gasteiger partial charge is 0.267 e. The van der Waals surface area contributed by atoms with Crippen molar-refractivity contribution in [3.05, 3.63) is 50.7 Å². The van der Waals surface area contributed by atoms with E-state index in [1.807, 2.05) is 22.6 Å². The van der Waals surface area contributed by atoms with E-state index in [4.69, 9.17) is 5.73 Å². The zero-order valence-corrected chi connectivity index (χ0v) is 12.9. The molecule has 20 heavy (non-hydrogen) atoms. The first kappa shape index (κ1) is 14.5. The number of nitrogens with two attached hydrogens (primary N) is 1. The fraction of sp³-hybridized carbons (Fsp3) is 0.154. The van der Waals surface area contributed by atoms with Crippen LogP contribution in [0, 0.1) is 3.57 Å². The Bertz CT molecular complexity index is 682. The average Bonchev–Trinajstić information content (AvgIpc) is 2.44. The van der Waals surface area contributed by atoms with E-state index in [0.717, 1.165) is 5.69 Å². The predicted octanol–water partition coefficient (Wildman–Crippen LogP) is 1.09. The van der Waals surface area contributed by atoms with Crippen molar-refractivity contribution in [2.45, 2.75) is 6.54 Å². The summed E-state index contributed by atoms with van der Waals surface area (Å²) in [6, 6.07) is 6.95. The molecule has 0 atom stereocenters. The molecule has 0 radical (unpaired) electrons. The van der Waals surface area contributed by atoms with Crippen LogP contribution in [0.15, 0.2) is 41.6 Å². The third-order valence-corrected chi connectivity index (χ3v) is 3.56. The molecule has 6 nitrogen and oxygen atoms in total. The molecule has 0 saturated carbocycles. The van der Waals surface area contributed by atoms with Crippen LogP contribution >= 0.6 is 22.6 Å². The van der Waals surface area contributed by atoms with Crippen LogP contribution in [0.2, 0.25) is 0 Å². The molecule has 0 unspecified atom stereocenters. The van der Waals surface area contributed by atoms with Gasteiger partial charge >= 0.3 is 0 Å². The van der Waals surface area contributed by atoms with E-state index < -0.39 is 0 Å². The Morgan fingerprint density at radius 1 is 1.40 bits per heavy atom. The Kier molecular flexibility index (Phi) is 4.38. The number of hydrogen-bond donors (Lipinski definition) is 1. The number of nitrogen functional groups attached to an aromatic ring is 1. The lowest BCUT2D eigenvalue weighted by Crippen LogP contribution is -2.34. The molecule has 1 heterocycles. The SMILES string of the molecule is CN(C(=O)Cn1cncc(I)c1=O)c1ccc(N)cc1. The van der Waals surface area contributed by atoms with Crippen molar-refractivity contribution in [3.8, 4) is 0 Å². The van der Waals surface area contributed by atoms with Crippen LogP contribution in [0.5, 0.6) is 0 Å². The minimum atomic E-state index is -0.223. The van der Waals surface area contributed by atoms with Gasteiger partial charge in [-0.05, 0) is 46.9 Å². The van der Waals surface area contributed by atoms with Gasteiger partial charge in [-0.3, -0.25) is 14.2 Å². The monoisotopic (exact) mass is 384 g/mol. The first-order valence-electron chi connectivity index (χ1n) is 5.81. The summed E-state index contributed by atoms with van der Waals surface area (Å²) in [7, 11) is 1.65. The van der Waals surface area contributed by atoms with Crippen molar-refractivity contribution < 1.29 is 4.79 Å². The van der Waals surface area contributed by atoms with Gasteiger partial charge in [-0.25, -0.2) is 4.98 Å². The van der Waals surface area contributed by atoms with E-state index in [9.17, 15) is 9.59 Å². The molecule has 0 bridgehead atoms. The molecule has 0 aliphatic carbocycles. The number of benzene rings is 1. The summed E-state index contributed by atoms with van der Waals surface area (Å²) in [5, 5.41) is 0. The van der Waals surface area contributed by atoms with E-state index in [2.05, 4.69) is 4.98 Å². The van der Waals surface area contributed by atoms with Gasteiger partial charge in [0.15, 0.2) is 0 Å². The van der Waals surface area contributed by atoms with E-state index in [-0.39, 0.29) is 18.0 Å². The first-order valence-corrected chi connectivity index (χ1v) is 6.89. The molecule has 1 aromatic heterocycles. The van der Waals surface area contributed by atoms with Gasteiger partial charge < -0.3 is 10.6 Å². The highest BCUT2D eigenvalue weighted by Gasteiger charge is 2.13. The fourth-order valence-electron chi connectivity index (χ4n) is 1.63. The summed E-state index contributed by atoms with van der Waals surface area (Å²) in [6.45, 7) is -0.0520. The number of likely N-dealkylation sites (N-methyl/N-ethyl adjacent to an activating group) is 1. The zero-order valence-electron chi connectivity index (χ0n) is 10.8. The minimum Gasteiger partial charge on any atom is -0.399 e. The summed E-state index contributed by atoms with van der Waals surface area (Å²) in [5.41, 5.74) is 6.73. The van der Waals surface area contributed by atoms with Crippen molar-refractivity contribution >= 4 is 39.9 Å². The molecule has 0 aliphatic heterocycles. The molecule has 0 fully saturated rings. The molecule has 1 aromatic carbocycles. The Hall–Kier alpha value is -1.90. The summed E-state index contributed by atoms with van der Waals surface area (Å²) < 4.78 is 1.77. The lowest BCUT2D eigenvalue weighted by atomic mass is 10.2. The van der Waals surface area contributed by atoms with E-state index in [0.29, 0.717) is 9.26 Å². The van der Waals surface area contributed by atoms with Crippen molar-refractivity contribution in [3.63, 3.8) is 0 Å². The van der Waals surface area contributed by atoms with Crippen LogP contribution in [0.1, 0.15) is 0 Å². The van der Waals surface area contributed by atoms with Crippen LogP contribution in [-0.4, -0.2) is 22.5 Å². The van der Waals surface area contributed by atoms with Gasteiger partial charge in [0.05, 0.1) is 9.90 Å². The highest BCUT2D eigenvalue weighted by atomic mass is 127. The molecule has 7 heteroatoms. The number of anilines is 2.